The van der Waals surface area contributed by atoms with E-state index in [4.69, 9.17) is 14.2 Å². The van der Waals surface area contributed by atoms with E-state index in [0.29, 0.717) is 0 Å². The van der Waals surface area contributed by atoms with Crippen LogP contribution >= 0.6 is 0 Å². The van der Waals surface area contributed by atoms with Crippen molar-refractivity contribution in [2.24, 2.45) is 4.99 Å². The van der Waals surface area contributed by atoms with E-state index in [1.165, 1.54) is 37.9 Å². The first-order valence-electron chi connectivity index (χ1n) is 12.5. The van der Waals surface area contributed by atoms with Crippen molar-refractivity contribution in [2.45, 2.75) is 30.5 Å². The first-order valence-corrected chi connectivity index (χ1v) is 14.0. The van der Waals surface area contributed by atoms with E-state index in [0.717, 1.165) is 5.56 Å². The van der Waals surface area contributed by atoms with Gasteiger partial charge in [0.05, 0.1) is 13.2 Å². The predicted octanol–water partition coefficient (Wildman–Crippen LogP) is -0.812. The fourth-order valence-corrected chi connectivity index (χ4v) is 4.99. The molecule has 0 saturated heterocycles. The smallest absolute Gasteiger partial charge is 0.243 e. The molecule has 0 aliphatic carbocycles. The van der Waals surface area contributed by atoms with E-state index >= 15 is 0 Å². The second-order valence-corrected chi connectivity index (χ2v) is 12.1. The standard InChI is InChI=1S/C24H28B3N7O6S/c1-13-11-28-21(29-12-13)20(39-4)14(2)41(36,37)33-23-32-31-22(15-7-5-10-18(30-15)40-24(25,26)27)34(23)19-16(35)8-6-9-17(19)38-3/h6,8-12,14,20,35H,25-27H2,1-4H3,(H,32,33)/t14-,20-/m0/s1. The molecule has 0 amide bonds. The zero-order chi connectivity index (χ0) is 29.9. The van der Waals surface area contributed by atoms with Gasteiger partial charge in [-0.15, -0.1) is 10.2 Å². The van der Waals surface area contributed by atoms with Gasteiger partial charge in [0.1, 0.15) is 52.1 Å². The maximum absolute atomic E-state index is 13.6. The van der Waals surface area contributed by atoms with Crippen LogP contribution in [0.5, 0.6) is 11.5 Å². The van der Waals surface area contributed by atoms with Crippen molar-refractivity contribution in [3.8, 4) is 17.2 Å². The fraction of sp³-hybridized carbons (Fsp3) is 0.292. The fourth-order valence-electron chi connectivity index (χ4n) is 3.86. The van der Waals surface area contributed by atoms with Crippen molar-refractivity contribution in [1.29, 1.82) is 0 Å². The third kappa shape index (κ3) is 6.55. The van der Waals surface area contributed by atoms with Crippen molar-refractivity contribution >= 4 is 51.1 Å². The molecule has 2 atom stereocenters. The molecule has 41 heavy (non-hydrogen) atoms. The number of aliphatic imine (C=N–C) groups is 1. The van der Waals surface area contributed by atoms with Crippen molar-refractivity contribution in [3.63, 3.8) is 0 Å². The number of nitrogens with one attached hydrogen (secondary N) is 1. The largest absolute Gasteiger partial charge is 0.506 e. The first kappa shape index (κ1) is 29.7. The lowest BCUT2D eigenvalue weighted by Gasteiger charge is -2.23. The molecule has 210 valence electrons. The van der Waals surface area contributed by atoms with Gasteiger partial charge in [-0.3, -0.25) is 9.29 Å². The van der Waals surface area contributed by atoms with Gasteiger partial charge in [-0.2, -0.15) is 0 Å². The number of aromatic hydroxyl groups is 1. The van der Waals surface area contributed by atoms with Crippen LogP contribution in [0.4, 0.5) is 5.95 Å². The number of hydrogen-bond acceptors (Lipinski definition) is 11. The van der Waals surface area contributed by atoms with Gasteiger partial charge < -0.3 is 19.3 Å². The predicted molar refractivity (Wildman–Crippen MR) is 160 cm³/mol. The second-order valence-electron chi connectivity index (χ2n) is 10.1. The maximum atomic E-state index is 13.6. The average Bonchev–Trinajstić information content (AvgIpc) is 3.31. The van der Waals surface area contributed by atoms with E-state index in [2.05, 4.69) is 41.3 Å². The third-order valence-electron chi connectivity index (χ3n) is 5.77. The number of sulfonamides is 1. The van der Waals surface area contributed by atoms with Gasteiger partial charge in [0, 0.05) is 24.8 Å². The van der Waals surface area contributed by atoms with Gasteiger partial charge in [0.15, 0.2) is 17.3 Å². The Morgan fingerprint density at radius 1 is 1.15 bits per heavy atom. The molecule has 1 aromatic carbocycles. The molecule has 0 fully saturated rings. The molecule has 0 saturated carbocycles. The number of aryl methyl sites for hydroxylation is 1. The lowest BCUT2D eigenvalue weighted by atomic mass is 9.52. The molecule has 17 heteroatoms. The van der Waals surface area contributed by atoms with E-state index in [1.807, 2.05) is 30.5 Å². The minimum atomic E-state index is -4.21. The molecule has 0 bridgehead atoms. The summed E-state index contributed by atoms with van der Waals surface area (Å²) in [6, 6.07) is 4.59. The summed E-state index contributed by atoms with van der Waals surface area (Å²) in [4.78, 5) is 12.9. The molecule has 4 rings (SSSR count). The van der Waals surface area contributed by atoms with Crippen LogP contribution in [0.25, 0.3) is 11.4 Å². The highest BCUT2D eigenvalue weighted by Gasteiger charge is 2.35. The zero-order valence-electron chi connectivity index (χ0n) is 23.7. The van der Waals surface area contributed by atoms with Crippen LogP contribution in [-0.4, -0.2) is 92.5 Å². The number of methoxy groups -OCH3 is 2. The summed E-state index contributed by atoms with van der Waals surface area (Å²) >= 11 is 0. The summed E-state index contributed by atoms with van der Waals surface area (Å²) in [6.07, 6.45) is 3.66. The molecule has 2 aromatic heterocycles. The van der Waals surface area contributed by atoms with Crippen molar-refractivity contribution in [1.82, 2.24) is 24.7 Å². The van der Waals surface area contributed by atoms with Crippen molar-refractivity contribution in [2.75, 3.05) is 18.9 Å². The van der Waals surface area contributed by atoms with Crippen LogP contribution in [0, 0.1) is 6.92 Å². The topological polar surface area (TPSA) is 163 Å². The lowest BCUT2D eigenvalue weighted by Crippen LogP contribution is -2.36. The Kier molecular flexibility index (Phi) is 8.46. The van der Waals surface area contributed by atoms with Crippen LogP contribution in [0.1, 0.15) is 30.2 Å². The van der Waals surface area contributed by atoms with E-state index in [1.54, 1.807) is 24.5 Å². The second kappa shape index (κ2) is 11.7. The Labute approximate surface area is 240 Å². The average molecular weight is 575 g/mol. The van der Waals surface area contributed by atoms with Gasteiger partial charge in [-0.05, 0) is 37.3 Å². The molecule has 0 radical (unpaired) electrons. The van der Waals surface area contributed by atoms with Crippen LogP contribution in [0.15, 0.2) is 53.1 Å². The van der Waals surface area contributed by atoms with Gasteiger partial charge in [0.25, 0.3) is 0 Å². The molecule has 0 unspecified atom stereocenters. The number of ether oxygens (including phenoxy) is 3. The molecular weight excluding hydrogens is 547 g/mol. The molecule has 1 aliphatic rings. The number of para-hydroxylation sites is 1. The Hall–Kier alpha value is -4.29. The minimum Gasteiger partial charge on any atom is -0.506 e. The quantitative estimate of drug-likeness (QED) is 0.231. The normalized spacial score (nSPS) is 14.6. The lowest BCUT2D eigenvalue weighted by molar-refractivity contribution is 0.0949. The number of rotatable bonds is 10. The first-order chi connectivity index (χ1) is 19.3. The van der Waals surface area contributed by atoms with Crippen LogP contribution in [0.3, 0.4) is 0 Å². The zero-order valence-corrected chi connectivity index (χ0v) is 24.5. The highest BCUT2D eigenvalue weighted by molar-refractivity contribution is 7.93. The SMILES string of the molecule is BC(B)(B)OC1=NC(c2nnc(NS(=O)(=O)[C@@H](C)[C@H](OC)c3ncc(C)cn3)n2-c2c(O)cccc2OC)=C=C=C1. The van der Waals surface area contributed by atoms with Gasteiger partial charge in [-0.25, -0.2) is 23.4 Å². The minimum absolute atomic E-state index is 0.0379. The summed E-state index contributed by atoms with van der Waals surface area (Å²) in [5, 5.41) is 17.4. The van der Waals surface area contributed by atoms with Gasteiger partial charge in [0.2, 0.25) is 21.9 Å². The third-order valence-corrected chi connectivity index (χ3v) is 7.47. The van der Waals surface area contributed by atoms with Gasteiger partial charge in [-0.1, -0.05) is 11.8 Å². The molecule has 3 heterocycles. The van der Waals surface area contributed by atoms with Crippen LogP contribution in [0.2, 0.25) is 0 Å². The molecular formula is C24H28B3N7O6S. The molecule has 13 nitrogen and oxygen atoms in total. The summed E-state index contributed by atoms with van der Waals surface area (Å²) in [5.74, 6) is 0.216. The van der Waals surface area contributed by atoms with E-state index in [9.17, 15) is 13.5 Å². The highest BCUT2D eigenvalue weighted by Crippen LogP contribution is 2.37. The number of aromatic nitrogens is 5. The number of hydrogen-bond donors (Lipinski definition) is 2. The number of nitrogens with zero attached hydrogens (tertiary/aromatic N) is 6. The Morgan fingerprint density at radius 3 is 2.49 bits per heavy atom. The number of phenols is 1. The van der Waals surface area contributed by atoms with Crippen LogP contribution in [-0.2, 0) is 19.5 Å². The van der Waals surface area contributed by atoms with Crippen molar-refractivity contribution in [3.05, 3.63) is 65.3 Å². The molecule has 0 spiro atoms. The maximum Gasteiger partial charge on any atom is 0.243 e. The molecule has 1 aliphatic heterocycles. The van der Waals surface area contributed by atoms with Crippen molar-refractivity contribution < 1.29 is 27.7 Å². The molecule has 3 aromatic rings. The van der Waals surface area contributed by atoms with E-state index in [-0.39, 0.29) is 46.4 Å². The molecule has 2 N–H and O–H groups in total. The summed E-state index contributed by atoms with van der Waals surface area (Å²) in [6.45, 7) is 3.28. The summed E-state index contributed by atoms with van der Waals surface area (Å²) < 4.78 is 47.9. The summed E-state index contributed by atoms with van der Waals surface area (Å²) in [5.41, 5.74) is 6.71. The number of anilines is 1. The van der Waals surface area contributed by atoms with Crippen LogP contribution < -0.4 is 9.46 Å². The van der Waals surface area contributed by atoms with Gasteiger partial charge >= 0.3 is 0 Å². The highest BCUT2D eigenvalue weighted by atomic mass is 32.2. The Balaban J connectivity index is 1.82. The summed E-state index contributed by atoms with van der Waals surface area (Å²) in [7, 11) is 4.17. The Morgan fingerprint density at radius 2 is 1.85 bits per heavy atom. The Bertz CT molecular complexity index is 1690. The monoisotopic (exact) mass is 575 g/mol. The number of phenolic OH excluding ortho intramolecular Hbond substituents is 1. The number of benzene rings is 1. The van der Waals surface area contributed by atoms with E-state index < -0.39 is 26.7 Å².